The van der Waals surface area contributed by atoms with Crippen LogP contribution in [0, 0.1) is 10.1 Å². The van der Waals surface area contributed by atoms with Gasteiger partial charge >= 0.3 is 0 Å². The van der Waals surface area contributed by atoms with Crippen LogP contribution in [0.1, 0.15) is 18.1 Å². The highest BCUT2D eigenvalue weighted by Gasteiger charge is 2.16. The van der Waals surface area contributed by atoms with Gasteiger partial charge in [-0.1, -0.05) is 42.5 Å². The van der Waals surface area contributed by atoms with E-state index >= 15 is 0 Å². The fraction of sp³-hybridized carbons (Fsp3) is 0.211. The average molecular weight is 340 g/mol. The van der Waals surface area contributed by atoms with Crippen LogP contribution >= 0.6 is 0 Å². The van der Waals surface area contributed by atoms with Crippen molar-refractivity contribution >= 4 is 17.7 Å². The molecule has 0 fully saturated rings. The van der Waals surface area contributed by atoms with Gasteiger partial charge in [0.25, 0.3) is 5.69 Å². The molecule has 25 heavy (non-hydrogen) atoms. The molecule has 0 spiro atoms. The maximum absolute atomic E-state index is 12.0. The topological polar surface area (TPSA) is 92.5 Å². The molecule has 0 aliphatic carbocycles. The summed E-state index contributed by atoms with van der Waals surface area (Å²) in [6, 6.07) is 15.1. The number of aliphatic hydroxyl groups excluding tert-OH is 1. The first-order valence-corrected chi connectivity index (χ1v) is 7.90. The van der Waals surface area contributed by atoms with Crippen LogP contribution in [0.15, 0.2) is 60.7 Å². The van der Waals surface area contributed by atoms with Crippen LogP contribution in [0.25, 0.3) is 6.08 Å². The van der Waals surface area contributed by atoms with Crippen molar-refractivity contribution in [2.45, 2.75) is 25.5 Å². The standard InChI is InChI=1S/C19H20N2O4/c1-14(18(22)13-15-6-3-2-4-7-15)20-19(23)11-10-16-8-5-9-17(12-16)21(24)25/h2-12,14,18,22H,13H2,1H3,(H,20,23)/b11-10+. The Kier molecular flexibility index (Phi) is 6.42. The monoisotopic (exact) mass is 340 g/mol. The van der Waals surface area contributed by atoms with Gasteiger partial charge in [0.05, 0.1) is 17.1 Å². The zero-order valence-corrected chi connectivity index (χ0v) is 13.8. The lowest BCUT2D eigenvalue weighted by Gasteiger charge is -2.19. The third kappa shape index (κ3) is 5.86. The van der Waals surface area contributed by atoms with Gasteiger partial charge in [0.15, 0.2) is 0 Å². The number of nitrogens with zero attached hydrogens (tertiary/aromatic N) is 1. The van der Waals surface area contributed by atoms with Crippen LogP contribution in [0.5, 0.6) is 0 Å². The second-order valence-electron chi connectivity index (χ2n) is 5.74. The maximum Gasteiger partial charge on any atom is 0.270 e. The number of nitro benzene ring substituents is 1. The van der Waals surface area contributed by atoms with Crippen LogP contribution < -0.4 is 5.32 Å². The molecule has 0 aliphatic heterocycles. The normalized spacial score (nSPS) is 13.4. The van der Waals surface area contributed by atoms with E-state index in [9.17, 15) is 20.0 Å². The lowest BCUT2D eigenvalue weighted by molar-refractivity contribution is -0.384. The van der Waals surface area contributed by atoms with Crippen molar-refractivity contribution < 1.29 is 14.8 Å². The van der Waals surface area contributed by atoms with E-state index in [1.54, 1.807) is 19.1 Å². The zero-order chi connectivity index (χ0) is 18.2. The molecule has 0 aliphatic rings. The molecule has 2 rings (SSSR count). The van der Waals surface area contributed by atoms with Gasteiger partial charge in [0.2, 0.25) is 5.91 Å². The van der Waals surface area contributed by atoms with Crippen LogP contribution in [0.4, 0.5) is 5.69 Å². The summed E-state index contributed by atoms with van der Waals surface area (Å²) >= 11 is 0. The van der Waals surface area contributed by atoms with Gasteiger partial charge in [-0.25, -0.2) is 0 Å². The molecule has 2 aromatic rings. The first kappa shape index (κ1) is 18.4. The molecule has 1 amide bonds. The molecule has 2 atom stereocenters. The number of hydrogen-bond donors (Lipinski definition) is 2. The number of carbonyl (C=O) groups excluding carboxylic acids is 1. The number of nitro groups is 1. The zero-order valence-electron chi connectivity index (χ0n) is 13.8. The Bertz CT molecular complexity index is 759. The Hall–Kier alpha value is -2.99. The molecule has 0 saturated heterocycles. The highest BCUT2D eigenvalue weighted by Crippen LogP contribution is 2.14. The minimum Gasteiger partial charge on any atom is -0.391 e. The van der Waals surface area contributed by atoms with Crippen molar-refractivity contribution in [3.63, 3.8) is 0 Å². The minimum absolute atomic E-state index is 0.0331. The van der Waals surface area contributed by atoms with E-state index in [2.05, 4.69) is 5.32 Å². The second kappa shape index (κ2) is 8.75. The summed E-state index contributed by atoms with van der Waals surface area (Å²) in [7, 11) is 0. The molecular weight excluding hydrogens is 320 g/mol. The third-order valence-corrected chi connectivity index (χ3v) is 3.74. The SMILES string of the molecule is CC(NC(=O)/C=C/c1cccc([N+](=O)[O-])c1)C(O)Cc1ccccc1. The molecule has 0 heterocycles. The summed E-state index contributed by atoms with van der Waals surface area (Å²) in [5.41, 5.74) is 1.51. The Morgan fingerprint density at radius 2 is 1.96 bits per heavy atom. The first-order valence-electron chi connectivity index (χ1n) is 7.90. The number of rotatable bonds is 7. The lowest BCUT2D eigenvalue weighted by Crippen LogP contribution is -2.41. The number of aliphatic hydroxyl groups is 1. The largest absolute Gasteiger partial charge is 0.391 e. The highest BCUT2D eigenvalue weighted by molar-refractivity contribution is 5.92. The van der Waals surface area contributed by atoms with Crippen molar-refractivity contribution in [1.82, 2.24) is 5.32 Å². The second-order valence-corrected chi connectivity index (χ2v) is 5.74. The number of non-ortho nitro benzene ring substituents is 1. The van der Waals surface area contributed by atoms with Gasteiger partial charge in [0.1, 0.15) is 0 Å². The van der Waals surface area contributed by atoms with Crippen LogP contribution in [-0.2, 0) is 11.2 Å². The fourth-order valence-corrected chi connectivity index (χ4v) is 2.32. The number of amides is 1. The summed E-state index contributed by atoms with van der Waals surface area (Å²) in [6.45, 7) is 1.73. The quantitative estimate of drug-likeness (QED) is 0.460. The summed E-state index contributed by atoms with van der Waals surface area (Å²) in [5, 5.41) is 23.6. The Labute approximate surface area is 146 Å². The molecule has 6 heteroatoms. The van der Waals surface area contributed by atoms with E-state index in [4.69, 9.17) is 0 Å². The van der Waals surface area contributed by atoms with Crippen molar-refractivity contribution in [2.24, 2.45) is 0 Å². The predicted octanol–water partition coefficient (Wildman–Crippen LogP) is 2.72. The van der Waals surface area contributed by atoms with E-state index < -0.39 is 17.1 Å². The molecule has 2 unspecified atom stereocenters. The summed E-state index contributed by atoms with van der Waals surface area (Å²) < 4.78 is 0. The minimum atomic E-state index is -0.711. The smallest absolute Gasteiger partial charge is 0.270 e. The molecule has 6 nitrogen and oxygen atoms in total. The fourth-order valence-electron chi connectivity index (χ4n) is 2.32. The summed E-state index contributed by atoms with van der Waals surface area (Å²) in [5.74, 6) is -0.369. The lowest BCUT2D eigenvalue weighted by atomic mass is 10.0. The molecular formula is C19H20N2O4. The van der Waals surface area contributed by atoms with Crippen molar-refractivity contribution in [3.05, 3.63) is 81.9 Å². The van der Waals surface area contributed by atoms with E-state index in [1.807, 2.05) is 30.3 Å². The van der Waals surface area contributed by atoms with Gasteiger partial charge < -0.3 is 10.4 Å². The van der Waals surface area contributed by atoms with E-state index in [1.165, 1.54) is 24.3 Å². The van der Waals surface area contributed by atoms with E-state index in [-0.39, 0.29) is 11.6 Å². The van der Waals surface area contributed by atoms with Crippen molar-refractivity contribution in [1.29, 1.82) is 0 Å². The van der Waals surface area contributed by atoms with Crippen LogP contribution in [0.2, 0.25) is 0 Å². The molecule has 0 aromatic heterocycles. The Morgan fingerprint density at radius 1 is 1.24 bits per heavy atom. The van der Waals surface area contributed by atoms with Crippen molar-refractivity contribution in [3.8, 4) is 0 Å². The van der Waals surface area contributed by atoms with Gasteiger partial charge in [-0.05, 0) is 24.1 Å². The third-order valence-electron chi connectivity index (χ3n) is 3.74. The summed E-state index contributed by atoms with van der Waals surface area (Å²) in [6.07, 6.45) is 2.53. The molecule has 130 valence electrons. The molecule has 2 aromatic carbocycles. The average Bonchev–Trinajstić information content (AvgIpc) is 2.61. The van der Waals surface area contributed by atoms with Gasteiger partial charge in [-0.2, -0.15) is 0 Å². The number of hydrogen-bond acceptors (Lipinski definition) is 4. The molecule has 0 bridgehead atoms. The van der Waals surface area contributed by atoms with E-state index in [0.717, 1.165) is 5.56 Å². The maximum atomic E-state index is 12.0. The Balaban J connectivity index is 1.90. The summed E-state index contributed by atoms with van der Waals surface area (Å²) in [4.78, 5) is 22.2. The number of benzene rings is 2. The number of carbonyl (C=O) groups is 1. The first-order chi connectivity index (χ1) is 12.0. The number of nitrogens with one attached hydrogen (secondary N) is 1. The van der Waals surface area contributed by atoms with Gasteiger partial charge in [0, 0.05) is 24.6 Å². The van der Waals surface area contributed by atoms with Gasteiger partial charge in [-0.3, -0.25) is 14.9 Å². The molecule has 0 saturated carbocycles. The van der Waals surface area contributed by atoms with Gasteiger partial charge in [-0.15, -0.1) is 0 Å². The van der Waals surface area contributed by atoms with Crippen molar-refractivity contribution in [2.75, 3.05) is 0 Å². The predicted molar refractivity (Wildman–Crippen MR) is 95.9 cm³/mol. The van der Waals surface area contributed by atoms with Crippen LogP contribution in [0.3, 0.4) is 0 Å². The Morgan fingerprint density at radius 3 is 2.64 bits per heavy atom. The van der Waals surface area contributed by atoms with Crippen LogP contribution in [-0.4, -0.2) is 28.1 Å². The van der Waals surface area contributed by atoms with E-state index in [0.29, 0.717) is 12.0 Å². The molecule has 0 radical (unpaired) electrons. The molecule has 2 N–H and O–H groups in total. The highest BCUT2D eigenvalue weighted by atomic mass is 16.6.